The number of para-hydroxylation sites is 1. The van der Waals surface area contributed by atoms with E-state index in [0.29, 0.717) is 43.3 Å². The zero-order valence-electron chi connectivity index (χ0n) is 18.8. The van der Waals surface area contributed by atoms with Gasteiger partial charge in [-0.3, -0.25) is 9.59 Å². The first kappa shape index (κ1) is 22.8. The smallest absolute Gasteiger partial charge is 0.251 e. The molecule has 1 saturated heterocycles. The second kappa shape index (κ2) is 9.94. The van der Waals surface area contributed by atoms with Gasteiger partial charge in [-0.15, -0.1) is 0 Å². The number of piperazine rings is 1. The van der Waals surface area contributed by atoms with Crippen molar-refractivity contribution in [3.8, 4) is 0 Å². The van der Waals surface area contributed by atoms with Gasteiger partial charge in [-0.05, 0) is 41.7 Å². The molecule has 2 aromatic carbocycles. The number of amides is 2. The van der Waals surface area contributed by atoms with Gasteiger partial charge in [0.05, 0.1) is 5.69 Å². The maximum absolute atomic E-state index is 14.1. The molecule has 0 spiro atoms. The quantitative estimate of drug-likeness (QED) is 0.760. The molecule has 2 aromatic rings. The fourth-order valence-corrected chi connectivity index (χ4v) is 3.83. The topological polar surface area (TPSA) is 52.7 Å². The fraction of sp³-hybridized carbons (Fsp3) is 0.440. The van der Waals surface area contributed by atoms with E-state index in [1.54, 1.807) is 29.2 Å². The van der Waals surface area contributed by atoms with Gasteiger partial charge in [0.1, 0.15) is 11.9 Å². The number of benzene rings is 2. The lowest BCUT2D eigenvalue weighted by Crippen LogP contribution is -2.56. The number of nitrogens with one attached hydrogen (secondary N) is 1. The Kier molecular flexibility index (Phi) is 7.31. The fourth-order valence-electron chi connectivity index (χ4n) is 3.83. The minimum atomic E-state index is -0.600. The van der Waals surface area contributed by atoms with Crippen LogP contribution >= 0.6 is 0 Å². The van der Waals surface area contributed by atoms with Crippen LogP contribution in [-0.2, 0) is 4.79 Å². The lowest BCUT2D eigenvalue weighted by atomic mass is 10.00. The largest absolute Gasteiger partial charge is 0.366 e. The normalized spacial score (nSPS) is 15.3. The van der Waals surface area contributed by atoms with Gasteiger partial charge in [0.25, 0.3) is 5.91 Å². The van der Waals surface area contributed by atoms with Crippen molar-refractivity contribution in [2.24, 2.45) is 5.92 Å². The van der Waals surface area contributed by atoms with Gasteiger partial charge in [-0.1, -0.05) is 52.0 Å². The molecule has 0 bridgehead atoms. The van der Waals surface area contributed by atoms with Crippen LogP contribution < -0.4 is 10.2 Å². The van der Waals surface area contributed by atoms with Gasteiger partial charge >= 0.3 is 0 Å². The van der Waals surface area contributed by atoms with Crippen LogP contribution in [0.1, 0.15) is 49.5 Å². The molecule has 1 fully saturated rings. The molecular formula is C25H32FN3O2. The average Bonchev–Trinajstić information content (AvgIpc) is 2.77. The number of anilines is 1. The maximum Gasteiger partial charge on any atom is 0.251 e. The summed E-state index contributed by atoms with van der Waals surface area (Å²) in [6, 6.07) is 13.6. The number of hydrogen-bond acceptors (Lipinski definition) is 3. The van der Waals surface area contributed by atoms with Crippen LogP contribution in [0.3, 0.4) is 0 Å². The summed E-state index contributed by atoms with van der Waals surface area (Å²) in [6.07, 6.45) is 0. The summed E-state index contributed by atoms with van der Waals surface area (Å²) in [5.41, 5.74) is 2.28. The third-order valence-corrected chi connectivity index (χ3v) is 5.84. The molecule has 166 valence electrons. The van der Waals surface area contributed by atoms with Crippen LogP contribution in [0.15, 0.2) is 48.5 Å². The Balaban J connectivity index is 1.63. The standard InChI is InChI=1S/C25H32FN3O2/c1-17(2)19-9-11-20(12-10-19)24(30)27-23(18(3)4)25(31)29-15-13-28(14-16-29)22-8-6-5-7-21(22)26/h5-12,17-18,23H,13-16H2,1-4H3,(H,27,30)/t23-/m1/s1. The van der Waals surface area contributed by atoms with Gasteiger partial charge in [-0.2, -0.15) is 0 Å². The predicted octanol–water partition coefficient (Wildman–Crippen LogP) is 4.05. The molecule has 0 aromatic heterocycles. The molecule has 1 aliphatic heterocycles. The average molecular weight is 426 g/mol. The lowest BCUT2D eigenvalue weighted by Gasteiger charge is -2.38. The summed E-state index contributed by atoms with van der Waals surface area (Å²) in [5, 5.41) is 2.93. The summed E-state index contributed by atoms with van der Waals surface area (Å²) in [7, 11) is 0. The Morgan fingerprint density at radius 3 is 2.06 bits per heavy atom. The van der Waals surface area contributed by atoms with E-state index in [-0.39, 0.29) is 23.5 Å². The first-order valence-corrected chi connectivity index (χ1v) is 11.0. The first-order chi connectivity index (χ1) is 14.8. The third-order valence-electron chi connectivity index (χ3n) is 5.84. The summed E-state index contributed by atoms with van der Waals surface area (Å²) in [5.74, 6) is -0.234. The SMILES string of the molecule is CC(C)c1ccc(C(=O)N[C@@H](C(=O)N2CCN(c3ccccc3F)CC2)C(C)C)cc1. The van der Waals surface area contributed by atoms with Crippen molar-refractivity contribution in [1.29, 1.82) is 0 Å². The highest BCUT2D eigenvalue weighted by atomic mass is 19.1. The molecule has 1 N–H and O–H groups in total. The molecule has 31 heavy (non-hydrogen) atoms. The van der Waals surface area contributed by atoms with E-state index in [2.05, 4.69) is 19.2 Å². The Morgan fingerprint density at radius 1 is 0.903 bits per heavy atom. The summed E-state index contributed by atoms with van der Waals surface area (Å²) < 4.78 is 14.1. The van der Waals surface area contributed by atoms with Gasteiger partial charge < -0.3 is 15.1 Å². The van der Waals surface area contributed by atoms with Crippen molar-refractivity contribution in [1.82, 2.24) is 10.2 Å². The Bertz CT molecular complexity index is 903. The van der Waals surface area contributed by atoms with Gasteiger partial charge in [0.2, 0.25) is 5.91 Å². The zero-order chi connectivity index (χ0) is 22.5. The molecular weight excluding hydrogens is 393 g/mol. The van der Waals surface area contributed by atoms with Crippen molar-refractivity contribution < 1.29 is 14.0 Å². The molecule has 0 saturated carbocycles. The van der Waals surface area contributed by atoms with Crippen molar-refractivity contribution in [2.45, 2.75) is 39.7 Å². The van der Waals surface area contributed by atoms with Crippen molar-refractivity contribution in [2.75, 3.05) is 31.1 Å². The molecule has 0 unspecified atom stereocenters. The van der Waals surface area contributed by atoms with Gasteiger partial charge in [0.15, 0.2) is 0 Å². The van der Waals surface area contributed by atoms with E-state index in [1.165, 1.54) is 11.6 Å². The third kappa shape index (κ3) is 5.43. The number of carbonyl (C=O) groups excluding carboxylic acids is 2. The molecule has 0 aliphatic carbocycles. The monoisotopic (exact) mass is 425 g/mol. The van der Waals surface area contributed by atoms with Crippen molar-refractivity contribution in [3.05, 3.63) is 65.5 Å². The van der Waals surface area contributed by atoms with E-state index >= 15 is 0 Å². The van der Waals surface area contributed by atoms with E-state index in [4.69, 9.17) is 0 Å². The minimum Gasteiger partial charge on any atom is -0.366 e. The molecule has 1 heterocycles. The molecule has 1 aliphatic rings. The number of rotatable bonds is 6. The summed E-state index contributed by atoms with van der Waals surface area (Å²) >= 11 is 0. The van der Waals surface area contributed by atoms with Crippen LogP contribution in [0.5, 0.6) is 0 Å². The van der Waals surface area contributed by atoms with Crippen LogP contribution in [0.2, 0.25) is 0 Å². The predicted molar refractivity (Wildman–Crippen MR) is 122 cm³/mol. The molecule has 1 atom stereocenters. The summed E-state index contributed by atoms with van der Waals surface area (Å²) in [4.78, 5) is 29.7. The minimum absolute atomic E-state index is 0.0454. The van der Waals surface area contributed by atoms with Crippen LogP contribution in [-0.4, -0.2) is 48.9 Å². The highest BCUT2D eigenvalue weighted by molar-refractivity contribution is 5.97. The number of halogens is 1. The van der Waals surface area contributed by atoms with Gasteiger partial charge in [-0.25, -0.2) is 4.39 Å². The maximum atomic E-state index is 14.1. The van der Waals surface area contributed by atoms with Gasteiger partial charge in [0, 0.05) is 31.7 Å². The summed E-state index contributed by atoms with van der Waals surface area (Å²) in [6.45, 7) is 10.2. The van der Waals surface area contributed by atoms with E-state index in [0.717, 1.165) is 0 Å². The Hall–Kier alpha value is -2.89. The van der Waals surface area contributed by atoms with Crippen molar-refractivity contribution in [3.63, 3.8) is 0 Å². The van der Waals surface area contributed by atoms with Crippen LogP contribution in [0.25, 0.3) is 0 Å². The molecule has 2 amide bonds. The Morgan fingerprint density at radius 2 is 1.52 bits per heavy atom. The molecule has 3 rings (SSSR count). The second-order valence-corrected chi connectivity index (χ2v) is 8.74. The number of hydrogen-bond donors (Lipinski definition) is 1. The molecule has 6 heteroatoms. The highest BCUT2D eigenvalue weighted by Crippen LogP contribution is 2.21. The highest BCUT2D eigenvalue weighted by Gasteiger charge is 2.31. The van der Waals surface area contributed by atoms with Crippen LogP contribution in [0.4, 0.5) is 10.1 Å². The lowest BCUT2D eigenvalue weighted by molar-refractivity contribution is -0.134. The van der Waals surface area contributed by atoms with E-state index < -0.39 is 6.04 Å². The zero-order valence-corrected chi connectivity index (χ0v) is 18.8. The number of nitrogens with zero attached hydrogens (tertiary/aromatic N) is 2. The van der Waals surface area contributed by atoms with E-state index in [1.807, 2.05) is 36.9 Å². The molecule has 5 nitrogen and oxygen atoms in total. The van der Waals surface area contributed by atoms with E-state index in [9.17, 15) is 14.0 Å². The van der Waals surface area contributed by atoms with Crippen LogP contribution in [0, 0.1) is 11.7 Å². The Labute approximate surface area is 184 Å². The number of carbonyl (C=O) groups is 2. The first-order valence-electron chi connectivity index (χ1n) is 11.0. The second-order valence-electron chi connectivity index (χ2n) is 8.74. The molecule has 0 radical (unpaired) electrons. The van der Waals surface area contributed by atoms with Crippen molar-refractivity contribution >= 4 is 17.5 Å².